The summed E-state index contributed by atoms with van der Waals surface area (Å²) in [7, 11) is 0. The third-order valence-corrected chi connectivity index (χ3v) is 4.43. The zero-order valence-corrected chi connectivity index (χ0v) is 18.4. The molecule has 2 atom stereocenters. The van der Waals surface area contributed by atoms with Gasteiger partial charge < -0.3 is 20.1 Å². The molecule has 166 valence electrons. The number of alkyl carbamates (subject to hydrolysis) is 2. The second kappa shape index (κ2) is 14.2. The van der Waals surface area contributed by atoms with Crippen LogP contribution in [-0.4, -0.2) is 25.4 Å². The van der Waals surface area contributed by atoms with Crippen LogP contribution in [0.1, 0.15) is 49.9 Å². The largest absolute Gasteiger partial charge is 0.449 e. The van der Waals surface area contributed by atoms with Crippen molar-refractivity contribution < 1.29 is 19.1 Å². The fraction of sp³-hybridized carbons (Fsp3) is 0.308. The molecule has 0 aliphatic carbocycles. The van der Waals surface area contributed by atoms with Gasteiger partial charge in [-0.1, -0.05) is 72.5 Å². The molecule has 2 aromatic rings. The average Bonchev–Trinajstić information content (AvgIpc) is 2.81. The van der Waals surface area contributed by atoms with Crippen LogP contribution in [-0.2, 0) is 9.47 Å². The summed E-state index contributed by atoms with van der Waals surface area (Å²) in [5.41, 5.74) is 2.01. The summed E-state index contributed by atoms with van der Waals surface area (Å²) < 4.78 is 10.2. The molecule has 0 saturated heterocycles. The highest BCUT2D eigenvalue weighted by atomic mass is 16.6. The van der Waals surface area contributed by atoms with Gasteiger partial charge in [-0.25, -0.2) is 9.59 Å². The Morgan fingerprint density at radius 1 is 0.719 bits per heavy atom. The van der Waals surface area contributed by atoms with Crippen molar-refractivity contribution in [2.24, 2.45) is 0 Å². The van der Waals surface area contributed by atoms with Crippen LogP contribution in [0, 0.1) is 23.7 Å². The van der Waals surface area contributed by atoms with Crippen LogP contribution >= 0.6 is 0 Å². The molecule has 32 heavy (non-hydrogen) atoms. The predicted molar refractivity (Wildman–Crippen MR) is 123 cm³/mol. The second-order valence-electron chi connectivity index (χ2n) is 6.93. The standard InChI is InChI=1S/C26H28N2O4/c1-21(23-15-9-7-10-16-23)27-25(29)31-19-13-5-3-4-6-14-20-32-26(30)28-22(2)24-17-11-8-12-18-24/h7-12,15-18,21-22H,13-14,19-20H2,1-2H3,(H,27,29)(H,28,30)/t21-,22-/m1/s1. The maximum Gasteiger partial charge on any atom is 0.407 e. The van der Waals surface area contributed by atoms with Gasteiger partial charge in [0.05, 0.1) is 12.1 Å². The number of carbonyl (C=O) groups excluding carboxylic acids is 2. The number of amides is 2. The second-order valence-corrected chi connectivity index (χ2v) is 6.93. The van der Waals surface area contributed by atoms with Crippen molar-refractivity contribution in [3.63, 3.8) is 0 Å². The third kappa shape index (κ3) is 9.73. The number of nitrogens with one attached hydrogen (secondary N) is 2. The van der Waals surface area contributed by atoms with Gasteiger partial charge in [-0.05, 0) is 36.8 Å². The fourth-order valence-electron chi connectivity index (χ4n) is 2.69. The van der Waals surface area contributed by atoms with Crippen molar-refractivity contribution >= 4 is 12.2 Å². The van der Waals surface area contributed by atoms with Gasteiger partial charge in [-0.15, -0.1) is 0 Å². The van der Waals surface area contributed by atoms with Gasteiger partial charge in [-0.3, -0.25) is 0 Å². The number of ether oxygens (including phenoxy) is 2. The molecule has 0 aliphatic rings. The average molecular weight is 433 g/mol. The molecule has 6 heteroatoms. The molecular formula is C26H28N2O4. The van der Waals surface area contributed by atoms with Crippen molar-refractivity contribution in [1.82, 2.24) is 10.6 Å². The first-order chi connectivity index (χ1) is 15.6. The van der Waals surface area contributed by atoms with E-state index in [2.05, 4.69) is 34.3 Å². The van der Waals surface area contributed by atoms with Gasteiger partial charge >= 0.3 is 12.2 Å². The molecule has 2 N–H and O–H groups in total. The van der Waals surface area contributed by atoms with Gasteiger partial charge in [0, 0.05) is 12.8 Å². The summed E-state index contributed by atoms with van der Waals surface area (Å²) in [6.45, 7) is 4.15. The van der Waals surface area contributed by atoms with Gasteiger partial charge in [0.2, 0.25) is 0 Å². The van der Waals surface area contributed by atoms with E-state index in [0.717, 1.165) is 11.1 Å². The van der Waals surface area contributed by atoms with Crippen LogP contribution in [0.5, 0.6) is 0 Å². The van der Waals surface area contributed by atoms with E-state index >= 15 is 0 Å². The minimum absolute atomic E-state index is 0.133. The molecular weight excluding hydrogens is 404 g/mol. The molecule has 2 rings (SSSR count). The van der Waals surface area contributed by atoms with E-state index in [4.69, 9.17) is 9.47 Å². The SMILES string of the molecule is C[C@@H](NC(=O)OCCC#CC#CCCOC(=O)N[C@H](C)c1ccccc1)c1ccccc1. The highest BCUT2D eigenvalue weighted by Crippen LogP contribution is 2.11. The minimum Gasteiger partial charge on any atom is -0.449 e. The zero-order valence-electron chi connectivity index (χ0n) is 18.4. The lowest BCUT2D eigenvalue weighted by Crippen LogP contribution is -2.27. The predicted octanol–water partition coefficient (Wildman–Crippen LogP) is 4.75. The Hall–Kier alpha value is -3.90. The summed E-state index contributed by atoms with van der Waals surface area (Å²) in [6, 6.07) is 19.0. The molecule has 0 radical (unpaired) electrons. The van der Waals surface area contributed by atoms with E-state index in [9.17, 15) is 9.59 Å². The monoisotopic (exact) mass is 432 g/mol. The van der Waals surface area contributed by atoms with Crippen LogP contribution in [0.25, 0.3) is 0 Å². The van der Waals surface area contributed by atoms with Crippen LogP contribution in [0.15, 0.2) is 60.7 Å². The lowest BCUT2D eigenvalue weighted by molar-refractivity contribution is 0.144. The molecule has 0 aliphatic heterocycles. The van der Waals surface area contributed by atoms with E-state index < -0.39 is 12.2 Å². The summed E-state index contributed by atoms with van der Waals surface area (Å²) in [4.78, 5) is 23.6. The van der Waals surface area contributed by atoms with E-state index in [-0.39, 0.29) is 25.3 Å². The van der Waals surface area contributed by atoms with Gasteiger partial charge in [-0.2, -0.15) is 0 Å². The van der Waals surface area contributed by atoms with E-state index in [0.29, 0.717) is 12.8 Å². The van der Waals surface area contributed by atoms with Gasteiger partial charge in [0.25, 0.3) is 0 Å². The molecule has 2 aromatic carbocycles. The Balaban J connectivity index is 1.53. The summed E-state index contributed by atoms with van der Waals surface area (Å²) in [5, 5.41) is 5.54. The van der Waals surface area contributed by atoms with Crippen LogP contribution in [0.4, 0.5) is 9.59 Å². The smallest absolute Gasteiger partial charge is 0.407 e. The quantitative estimate of drug-likeness (QED) is 0.466. The van der Waals surface area contributed by atoms with Crippen molar-refractivity contribution in [3.05, 3.63) is 71.8 Å². The van der Waals surface area contributed by atoms with Crippen molar-refractivity contribution in [1.29, 1.82) is 0 Å². The lowest BCUT2D eigenvalue weighted by Gasteiger charge is -2.13. The van der Waals surface area contributed by atoms with E-state index in [1.807, 2.05) is 74.5 Å². The summed E-state index contributed by atoms with van der Waals surface area (Å²) >= 11 is 0. The first-order valence-electron chi connectivity index (χ1n) is 10.5. The first-order valence-corrected chi connectivity index (χ1v) is 10.5. The van der Waals surface area contributed by atoms with Crippen LogP contribution < -0.4 is 10.6 Å². The molecule has 6 nitrogen and oxygen atoms in total. The highest BCUT2D eigenvalue weighted by Gasteiger charge is 2.10. The number of hydrogen-bond donors (Lipinski definition) is 2. The van der Waals surface area contributed by atoms with Gasteiger partial charge in [0.1, 0.15) is 13.2 Å². The molecule has 0 unspecified atom stereocenters. The Morgan fingerprint density at radius 3 is 1.47 bits per heavy atom. The maximum atomic E-state index is 11.8. The molecule has 2 amide bonds. The maximum absolute atomic E-state index is 11.8. The summed E-state index contributed by atoms with van der Waals surface area (Å²) in [6.07, 6.45) is -0.187. The molecule has 0 aromatic heterocycles. The van der Waals surface area contributed by atoms with Crippen LogP contribution in [0.3, 0.4) is 0 Å². The van der Waals surface area contributed by atoms with E-state index in [1.54, 1.807) is 0 Å². The Kier molecular flexibility index (Phi) is 10.8. The molecule has 0 spiro atoms. The normalized spacial score (nSPS) is 11.4. The van der Waals surface area contributed by atoms with Gasteiger partial charge in [0.15, 0.2) is 0 Å². The Labute approximate surface area is 189 Å². The summed E-state index contributed by atoms with van der Waals surface area (Å²) in [5.74, 6) is 11.0. The number of carbonyl (C=O) groups is 2. The zero-order chi connectivity index (χ0) is 23.0. The molecule has 0 saturated carbocycles. The minimum atomic E-state index is -0.480. The molecule has 0 heterocycles. The highest BCUT2D eigenvalue weighted by molar-refractivity contribution is 5.68. The number of rotatable bonds is 8. The number of hydrogen-bond acceptors (Lipinski definition) is 4. The Morgan fingerprint density at radius 2 is 1.09 bits per heavy atom. The topological polar surface area (TPSA) is 76.7 Å². The fourth-order valence-corrected chi connectivity index (χ4v) is 2.69. The van der Waals surface area contributed by atoms with Crippen LogP contribution in [0.2, 0.25) is 0 Å². The first kappa shape index (κ1) is 24.4. The molecule has 0 fully saturated rings. The van der Waals surface area contributed by atoms with Crippen molar-refractivity contribution in [3.8, 4) is 23.7 Å². The van der Waals surface area contributed by atoms with E-state index in [1.165, 1.54) is 0 Å². The lowest BCUT2D eigenvalue weighted by atomic mass is 10.1. The Bertz CT molecular complexity index is 887. The number of benzene rings is 2. The molecule has 0 bridgehead atoms. The van der Waals surface area contributed by atoms with Crippen molar-refractivity contribution in [2.75, 3.05) is 13.2 Å². The third-order valence-electron chi connectivity index (χ3n) is 4.43. The van der Waals surface area contributed by atoms with Crippen molar-refractivity contribution in [2.45, 2.75) is 38.8 Å².